The number of rotatable bonds is 33. The topological polar surface area (TPSA) is 92.3 Å². The van der Waals surface area contributed by atoms with Gasteiger partial charge in [0, 0.05) is 6.61 Å². The molecule has 2 rings (SSSR count). The Bertz CT molecular complexity index is 954. The van der Waals surface area contributed by atoms with Crippen LogP contribution in [-0.4, -0.2) is 134 Å². The molecule has 0 spiro atoms. The third kappa shape index (κ3) is 19.4. The molecule has 0 N–H and O–H groups in total. The first-order valence-electron chi connectivity index (χ1n) is 18.0. The number of unbranched alkanes of at least 4 members (excludes halogenated alkanes) is 1. The average molecular weight is 709 g/mol. The first kappa shape index (κ1) is 43.4. The number of hydrogen-bond acceptors (Lipinski definition) is 10. The van der Waals surface area contributed by atoms with E-state index in [0.29, 0.717) is 119 Å². The van der Waals surface area contributed by atoms with Crippen molar-refractivity contribution >= 4 is 18.7 Å². The Morgan fingerprint density at radius 3 is 0.918 bits per heavy atom. The highest BCUT2D eigenvalue weighted by atomic mass is 28.4. The highest BCUT2D eigenvalue weighted by Crippen LogP contribution is 2.36. The van der Waals surface area contributed by atoms with Crippen LogP contribution in [0, 0.1) is 0 Å². The van der Waals surface area contributed by atoms with Gasteiger partial charge in [0.25, 0.3) is 8.32 Å². The van der Waals surface area contributed by atoms with Gasteiger partial charge in [-0.05, 0) is 21.8 Å². The number of hydrogen-bond donors (Lipinski definition) is 0. The van der Waals surface area contributed by atoms with E-state index in [1.165, 1.54) is 10.4 Å². The minimum absolute atomic E-state index is 0.0517. The number of benzene rings is 2. The summed E-state index contributed by atoms with van der Waals surface area (Å²) >= 11 is 0. The van der Waals surface area contributed by atoms with Crippen molar-refractivity contribution in [1.82, 2.24) is 0 Å². The normalized spacial score (nSPS) is 12.2. The second-order valence-corrected chi connectivity index (χ2v) is 16.7. The summed E-state index contributed by atoms with van der Waals surface area (Å²) < 4.78 is 56.8. The maximum atomic E-state index is 6.85. The molecule has 0 saturated carbocycles. The van der Waals surface area contributed by atoms with Crippen molar-refractivity contribution < 1.29 is 47.1 Å². The molecular weight excluding hydrogens is 644 g/mol. The smallest absolute Gasteiger partial charge is 0.261 e. The molecule has 0 bridgehead atoms. The Hall–Kier alpha value is -1.74. The van der Waals surface area contributed by atoms with E-state index in [1.807, 2.05) is 0 Å². The molecule has 0 unspecified atom stereocenters. The molecule has 0 aromatic heterocycles. The average Bonchev–Trinajstić information content (AvgIpc) is 3.11. The highest BCUT2D eigenvalue weighted by Gasteiger charge is 2.50. The van der Waals surface area contributed by atoms with E-state index < -0.39 is 8.32 Å². The summed E-state index contributed by atoms with van der Waals surface area (Å²) in [5.74, 6) is 0. The Morgan fingerprint density at radius 2 is 0.653 bits per heavy atom. The molecule has 49 heavy (non-hydrogen) atoms. The lowest BCUT2D eigenvalue weighted by Gasteiger charge is -2.43. The van der Waals surface area contributed by atoms with E-state index in [-0.39, 0.29) is 5.04 Å². The second-order valence-electron chi connectivity index (χ2n) is 12.4. The van der Waals surface area contributed by atoms with Crippen molar-refractivity contribution in [2.45, 2.75) is 45.6 Å². The van der Waals surface area contributed by atoms with Crippen LogP contribution < -0.4 is 10.4 Å². The summed E-state index contributed by atoms with van der Waals surface area (Å²) in [5.41, 5.74) is 0. The van der Waals surface area contributed by atoms with Gasteiger partial charge in [-0.2, -0.15) is 0 Å². The van der Waals surface area contributed by atoms with E-state index >= 15 is 0 Å². The van der Waals surface area contributed by atoms with Crippen LogP contribution in [0.5, 0.6) is 0 Å². The lowest BCUT2D eigenvalue weighted by atomic mass is 10.2. The van der Waals surface area contributed by atoms with Crippen LogP contribution in [0.4, 0.5) is 0 Å². The summed E-state index contributed by atoms with van der Waals surface area (Å²) in [6.07, 6.45) is 2.24. The zero-order chi connectivity index (χ0) is 35.1. The molecule has 0 radical (unpaired) electrons. The van der Waals surface area contributed by atoms with E-state index in [0.717, 1.165) is 19.4 Å². The van der Waals surface area contributed by atoms with Crippen LogP contribution in [0.3, 0.4) is 0 Å². The Kier molecular flexibility index (Phi) is 25.6. The van der Waals surface area contributed by atoms with Gasteiger partial charge in [-0.3, -0.25) is 0 Å². The van der Waals surface area contributed by atoms with Crippen molar-refractivity contribution in [2.24, 2.45) is 0 Å². The van der Waals surface area contributed by atoms with Crippen molar-refractivity contribution in [3.63, 3.8) is 0 Å². The predicted octanol–water partition coefficient (Wildman–Crippen LogP) is 4.51. The third-order valence-corrected chi connectivity index (χ3v) is 12.6. The van der Waals surface area contributed by atoms with Crippen LogP contribution in [0.25, 0.3) is 0 Å². The molecule has 0 saturated heterocycles. The molecule has 0 aliphatic carbocycles. The molecule has 280 valence electrons. The van der Waals surface area contributed by atoms with Gasteiger partial charge in [0.15, 0.2) is 0 Å². The molecule has 10 nitrogen and oxygen atoms in total. The van der Waals surface area contributed by atoms with Gasteiger partial charge in [-0.1, -0.05) is 94.8 Å². The van der Waals surface area contributed by atoms with Gasteiger partial charge < -0.3 is 47.1 Å². The van der Waals surface area contributed by atoms with E-state index in [1.54, 1.807) is 0 Å². The van der Waals surface area contributed by atoms with Gasteiger partial charge in [-0.15, -0.1) is 0 Å². The Balaban J connectivity index is 1.36. The first-order chi connectivity index (χ1) is 24.0. The minimum atomic E-state index is -2.53. The summed E-state index contributed by atoms with van der Waals surface area (Å²) in [6.45, 7) is 19.4. The zero-order valence-corrected chi connectivity index (χ0v) is 31.7. The van der Waals surface area contributed by atoms with Crippen LogP contribution in [-0.2, 0) is 47.1 Å². The molecule has 2 aromatic rings. The third-order valence-electron chi connectivity index (χ3n) is 7.58. The summed E-state index contributed by atoms with van der Waals surface area (Å²) in [4.78, 5) is 0. The standard InChI is InChI=1S/C38H64O10Si/c1-5-6-17-39-18-19-40-20-21-41-22-23-42-24-25-43-26-27-44-28-29-45-30-31-46-32-33-47-34-35-48-49(38(2,3)4,36-13-9-7-10-14-36)37-15-11-8-12-16-37/h7-16H,5-6,17-35H2,1-4H3. The van der Waals surface area contributed by atoms with Gasteiger partial charge in [0.1, 0.15) is 0 Å². The maximum Gasteiger partial charge on any atom is 0.261 e. The maximum absolute atomic E-state index is 6.85. The molecule has 0 amide bonds. The van der Waals surface area contributed by atoms with Crippen molar-refractivity contribution in [3.8, 4) is 0 Å². The minimum Gasteiger partial charge on any atom is -0.405 e. The molecule has 2 aromatic carbocycles. The van der Waals surface area contributed by atoms with Crippen LogP contribution in [0.15, 0.2) is 60.7 Å². The fourth-order valence-corrected chi connectivity index (χ4v) is 9.67. The van der Waals surface area contributed by atoms with Gasteiger partial charge in [0.05, 0.1) is 119 Å². The highest BCUT2D eigenvalue weighted by molar-refractivity contribution is 6.99. The largest absolute Gasteiger partial charge is 0.405 e. The molecule has 0 aliphatic rings. The quantitative estimate of drug-likeness (QED) is 0.0780. The Labute approximate surface area is 297 Å². The van der Waals surface area contributed by atoms with Crippen molar-refractivity contribution in [2.75, 3.05) is 126 Å². The van der Waals surface area contributed by atoms with Crippen LogP contribution in [0.1, 0.15) is 40.5 Å². The van der Waals surface area contributed by atoms with E-state index in [2.05, 4.69) is 88.4 Å². The van der Waals surface area contributed by atoms with Gasteiger partial charge in [-0.25, -0.2) is 0 Å². The first-order valence-corrected chi connectivity index (χ1v) is 19.9. The van der Waals surface area contributed by atoms with Gasteiger partial charge >= 0.3 is 0 Å². The molecule has 0 heterocycles. The van der Waals surface area contributed by atoms with E-state index in [9.17, 15) is 0 Å². The monoisotopic (exact) mass is 708 g/mol. The Morgan fingerprint density at radius 1 is 0.388 bits per heavy atom. The predicted molar refractivity (Wildman–Crippen MR) is 196 cm³/mol. The molecule has 11 heteroatoms. The van der Waals surface area contributed by atoms with E-state index in [4.69, 9.17) is 47.1 Å². The van der Waals surface area contributed by atoms with Crippen LogP contribution in [0.2, 0.25) is 5.04 Å². The molecule has 0 atom stereocenters. The molecule has 0 fully saturated rings. The van der Waals surface area contributed by atoms with Crippen molar-refractivity contribution in [3.05, 3.63) is 60.7 Å². The lowest BCUT2D eigenvalue weighted by Crippen LogP contribution is -2.66. The fourth-order valence-electron chi connectivity index (χ4n) is 5.12. The van der Waals surface area contributed by atoms with Crippen molar-refractivity contribution in [1.29, 1.82) is 0 Å². The molecular formula is C38H64O10Si. The number of ether oxygens (including phenoxy) is 9. The summed E-state index contributed by atoms with van der Waals surface area (Å²) in [5, 5.41) is 2.49. The van der Waals surface area contributed by atoms with Gasteiger partial charge in [0.2, 0.25) is 0 Å². The lowest BCUT2D eigenvalue weighted by molar-refractivity contribution is -0.0254. The zero-order valence-electron chi connectivity index (χ0n) is 30.7. The van der Waals surface area contributed by atoms with Crippen LogP contribution >= 0.6 is 0 Å². The fraction of sp³-hybridized carbons (Fsp3) is 0.684. The summed E-state index contributed by atoms with van der Waals surface area (Å²) in [7, 11) is -2.53. The summed E-state index contributed by atoms with van der Waals surface area (Å²) in [6, 6.07) is 21.3. The second kappa shape index (κ2) is 28.9. The SMILES string of the molecule is CCCCOCCOCCOCCOCCOCCOCCOCCOCCOCCO[Si](c1ccccc1)(c1ccccc1)C(C)(C)C. The molecule has 0 aliphatic heterocycles.